The van der Waals surface area contributed by atoms with Gasteiger partial charge in [-0.3, -0.25) is 14.4 Å². The number of carbonyl (C=O) groups is 1. The minimum absolute atomic E-state index is 0.212. The summed E-state index contributed by atoms with van der Waals surface area (Å²) in [5, 5.41) is 14.9. The van der Waals surface area contributed by atoms with Gasteiger partial charge < -0.3 is 4.90 Å². The maximum atomic E-state index is 11.8. The van der Waals surface area contributed by atoms with E-state index in [1.54, 1.807) is 11.3 Å². The molecule has 122 valence electrons. The molecule has 0 saturated carbocycles. The molecule has 2 aromatic heterocycles. The van der Waals surface area contributed by atoms with Crippen LogP contribution < -0.4 is 4.90 Å². The Morgan fingerprint density at radius 3 is 3.00 bits per heavy atom. The molecule has 1 atom stereocenters. The van der Waals surface area contributed by atoms with Crippen molar-refractivity contribution >= 4 is 22.9 Å². The first-order valence-electron chi connectivity index (χ1n) is 8.05. The zero-order chi connectivity index (χ0) is 15.8. The van der Waals surface area contributed by atoms with E-state index in [-0.39, 0.29) is 5.91 Å². The third-order valence-electron chi connectivity index (χ3n) is 4.52. The van der Waals surface area contributed by atoms with Gasteiger partial charge in [-0.2, -0.15) is 5.10 Å². The topological polar surface area (TPSA) is 67.2 Å². The summed E-state index contributed by atoms with van der Waals surface area (Å²) in [6, 6.07) is 0.371. The van der Waals surface area contributed by atoms with Gasteiger partial charge in [0.15, 0.2) is 0 Å². The fourth-order valence-electron chi connectivity index (χ4n) is 3.35. The SMILES string of the molecule is Cc1nnc(CN2CCC(n3cc(N4CCCC4=O)cn3)C2)s1. The van der Waals surface area contributed by atoms with Crippen LogP contribution in [0.3, 0.4) is 0 Å². The van der Waals surface area contributed by atoms with Gasteiger partial charge in [-0.1, -0.05) is 0 Å². The number of aromatic nitrogens is 4. The lowest BCUT2D eigenvalue weighted by atomic mass is 10.3. The lowest BCUT2D eigenvalue weighted by Crippen LogP contribution is -2.23. The summed E-state index contributed by atoms with van der Waals surface area (Å²) in [7, 11) is 0. The molecule has 8 heteroatoms. The summed E-state index contributed by atoms with van der Waals surface area (Å²) >= 11 is 1.66. The van der Waals surface area contributed by atoms with Gasteiger partial charge in [-0.25, -0.2) is 0 Å². The van der Waals surface area contributed by atoms with Crippen LogP contribution in [0.25, 0.3) is 0 Å². The van der Waals surface area contributed by atoms with E-state index in [0.29, 0.717) is 12.5 Å². The van der Waals surface area contributed by atoms with Crippen molar-refractivity contribution in [2.24, 2.45) is 0 Å². The predicted octanol–water partition coefficient (Wildman–Crippen LogP) is 1.62. The highest BCUT2D eigenvalue weighted by molar-refractivity contribution is 7.11. The van der Waals surface area contributed by atoms with Crippen molar-refractivity contribution in [1.29, 1.82) is 0 Å². The molecule has 0 radical (unpaired) electrons. The van der Waals surface area contributed by atoms with Crippen molar-refractivity contribution in [3.05, 3.63) is 22.4 Å². The molecule has 7 nitrogen and oxygen atoms in total. The molecule has 2 aliphatic heterocycles. The number of amides is 1. The highest BCUT2D eigenvalue weighted by Gasteiger charge is 2.27. The molecule has 0 spiro atoms. The largest absolute Gasteiger partial charge is 0.309 e. The highest BCUT2D eigenvalue weighted by Crippen LogP contribution is 2.26. The number of likely N-dealkylation sites (tertiary alicyclic amines) is 1. The van der Waals surface area contributed by atoms with E-state index in [2.05, 4.69) is 20.2 Å². The first-order valence-corrected chi connectivity index (χ1v) is 8.86. The molecule has 23 heavy (non-hydrogen) atoms. The maximum absolute atomic E-state index is 11.8. The van der Waals surface area contributed by atoms with Gasteiger partial charge in [0, 0.05) is 32.3 Å². The van der Waals surface area contributed by atoms with Gasteiger partial charge in [0.1, 0.15) is 10.0 Å². The van der Waals surface area contributed by atoms with Crippen LogP contribution in [0, 0.1) is 6.92 Å². The Morgan fingerprint density at radius 2 is 2.26 bits per heavy atom. The van der Waals surface area contributed by atoms with Crippen LogP contribution in [0.15, 0.2) is 12.4 Å². The van der Waals surface area contributed by atoms with E-state index in [9.17, 15) is 4.79 Å². The second-order valence-electron chi connectivity index (χ2n) is 6.22. The van der Waals surface area contributed by atoms with Crippen molar-refractivity contribution in [2.75, 3.05) is 24.5 Å². The number of hydrogen-bond donors (Lipinski definition) is 0. The molecule has 0 aliphatic carbocycles. The van der Waals surface area contributed by atoms with Crippen molar-refractivity contribution in [1.82, 2.24) is 24.9 Å². The Bertz CT molecular complexity index is 710. The number of rotatable bonds is 4. The molecule has 0 bridgehead atoms. The zero-order valence-electron chi connectivity index (χ0n) is 13.2. The summed E-state index contributed by atoms with van der Waals surface area (Å²) in [6.07, 6.45) is 6.52. The minimum Gasteiger partial charge on any atom is -0.309 e. The normalized spacial score (nSPS) is 22.4. The predicted molar refractivity (Wildman–Crippen MR) is 87.4 cm³/mol. The van der Waals surface area contributed by atoms with Crippen LogP contribution >= 0.6 is 11.3 Å². The quantitative estimate of drug-likeness (QED) is 0.851. The Hall–Kier alpha value is -1.80. The molecule has 2 aromatic rings. The van der Waals surface area contributed by atoms with Crippen LogP contribution in [-0.2, 0) is 11.3 Å². The molecule has 4 rings (SSSR count). The summed E-state index contributed by atoms with van der Waals surface area (Å²) in [5.74, 6) is 0.212. The van der Waals surface area contributed by atoms with E-state index >= 15 is 0 Å². The smallest absolute Gasteiger partial charge is 0.227 e. The van der Waals surface area contributed by atoms with Gasteiger partial charge in [0.2, 0.25) is 5.91 Å². The van der Waals surface area contributed by atoms with E-state index in [4.69, 9.17) is 0 Å². The molecule has 0 N–H and O–H groups in total. The molecule has 1 unspecified atom stereocenters. The third-order valence-corrected chi connectivity index (χ3v) is 5.34. The second-order valence-corrected chi connectivity index (χ2v) is 7.49. The Labute approximate surface area is 138 Å². The first-order chi connectivity index (χ1) is 11.2. The fraction of sp³-hybridized carbons (Fsp3) is 0.600. The fourth-order valence-corrected chi connectivity index (χ4v) is 4.10. The van der Waals surface area contributed by atoms with Gasteiger partial charge >= 0.3 is 0 Å². The van der Waals surface area contributed by atoms with E-state index < -0.39 is 0 Å². The van der Waals surface area contributed by atoms with Crippen LogP contribution in [0.5, 0.6) is 0 Å². The summed E-state index contributed by atoms with van der Waals surface area (Å²) in [6.45, 7) is 5.67. The van der Waals surface area contributed by atoms with Crippen LogP contribution in [-0.4, -0.2) is 50.4 Å². The van der Waals surface area contributed by atoms with Crippen molar-refractivity contribution < 1.29 is 4.79 Å². The standard InChI is InChI=1S/C15H20N6OS/c1-11-17-18-14(23-11)10-19-6-4-12(8-19)21-9-13(7-16-21)20-5-2-3-15(20)22/h7,9,12H,2-6,8,10H2,1H3. The van der Waals surface area contributed by atoms with Gasteiger partial charge in [-0.15, -0.1) is 21.5 Å². The molecule has 1 amide bonds. The number of aryl methyl sites for hydroxylation is 1. The molecule has 2 aliphatic rings. The molecule has 2 saturated heterocycles. The van der Waals surface area contributed by atoms with E-state index in [0.717, 1.165) is 54.7 Å². The minimum atomic E-state index is 0.212. The van der Waals surface area contributed by atoms with E-state index in [1.165, 1.54) is 0 Å². The third kappa shape index (κ3) is 3.00. The Balaban J connectivity index is 1.40. The summed E-state index contributed by atoms with van der Waals surface area (Å²) in [4.78, 5) is 16.1. The average Bonchev–Trinajstić information content (AvgIpc) is 3.27. The molecule has 0 aromatic carbocycles. The lowest BCUT2D eigenvalue weighted by molar-refractivity contribution is -0.117. The second kappa shape index (κ2) is 6.01. The molecular weight excluding hydrogens is 312 g/mol. The first kappa shape index (κ1) is 14.8. The van der Waals surface area contributed by atoms with Crippen molar-refractivity contribution in [2.45, 2.75) is 38.8 Å². The number of anilines is 1. The van der Waals surface area contributed by atoms with Gasteiger partial charge in [-0.05, 0) is 19.8 Å². The number of carbonyl (C=O) groups excluding carboxylic acids is 1. The average molecular weight is 332 g/mol. The monoisotopic (exact) mass is 332 g/mol. The molecule has 2 fully saturated rings. The van der Waals surface area contributed by atoms with Crippen molar-refractivity contribution in [3.8, 4) is 0 Å². The van der Waals surface area contributed by atoms with E-state index in [1.807, 2.05) is 28.9 Å². The summed E-state index contributed by atoms with van der Waals surface area (Å²) < 4.78 is 2.02. The number of hydrogen-bond acceptors (Lipinski definition) is 6. The number of nitrogens with zero attached hydrogens (tertiary/aromatic N) is 6. The van der Waals surface area contributed by atoms with Crippen molar-refractivity contribution in [3.63, 3.8) is 0 Å². The Kier molecular flexibility index (Phi) is 3.86. The summed E-state index contributed by atoms with van der Waals surface area (Å²) in [5.41, 5.74) is 0.936. The maximum Gasteiger partial charge on any atom is 0.227 e. The van der Waals surface area contributed by atoms with Gasteiger partial charge in [0.05, 0.1) is 24.5 Å². The zero-order valence-corrected chi connectivity index (χ0v) is 14.0. The highest BCUT2D eigenvalue weighted by atomic mass is 32.1. The van der Waals surface area contributed by atoms with Crippen LogP contribution in [0.2, 0.25) is 0 Å². The van der Waals surface area contributed by atoms with Gasteiger partial charge in [0.25, 0.3) is 0 Å². The Morgan fingerprint density at radius 1 is 1.35 bits per heavy atom. The lowest BCUT2D eigenvalue weighted by Gasteiger charge is -2.15. The van der Waals surface area contributed by atoms with Crippen LogP contribution in [0.4, 0.5) is 5.69 Å². The molecular formula is C15H20N6OS. The van der Waals surface area contributed by atoms with Crippen LogP contribution in [0.1, 0.15) is 35.3 Å². The molecule has 4 heterocycles.